The number of alkyl carbamates (subject to hydrolysis) is 1. The van der Waals surface area contributed by atoms with Crippen molar-refractivity contribution in [2.75, 3.05) is 27.3 Å². The van der Waals surface area contributed by atoms with E-state index in [1.807, 2.05) is 4.90 Å². The number of hydrogen-bond acceptors (Lipinski definition) is 10. The van der Waals surface area contributed by atoms with Crippen molar-refractivity contribution < 1.29 is 56.4 Å². The number of esters is 2. The standard InChI is InChI=1S/C51H68F2N4O10/c1-27-17-19-56(47(60)36(28(2)63-11)26-44(59)66-50(5,6)7)41(27)25-39-35-16-14-33(53)23-40(35)54-46(39)38-22-31-21-32(52)13-15-34(31)37(38)24-42-43(65-30(4)58)18-20-57(42)48(61)45(29(3)64-12)55-49(62)67-51(8,9)10/h13-16,21,23,27-29,36,41-43,45,54H,17-20,22,24-26H2,1-12H3,(H,55,62)/t27-,28+,29+,36-,41+,42+,43-,45-/m0/s1. The van der Waals surface area contributed by atoms with Gasteiger partial charge in [0.05, 0.1) is 30.6 Å². The van der Waals surface area contributed by atoms with Crippen LogP contribution in [0.2, 0.25) is 0 Å². The zero-order chi connectivity index (χ0) is 49.3. The predicted octanol–water partition coefficient (Wildman–Crippen LogP) is 7.93. The van der Waals surface area contributed by atoms with Gasteiger partial charge in [-0.2, -0.15) is 0 Å². The van der Waals surface area contributed by atoms with E-state index in [-0.39, 0.29) is 43.7 Å². The number of amides is 3. The molecule has 2 aromatic carbocycles. The fourth-order valence-electron chi connectivity index (χ4n) is 9.86. The number of methoxy groups -OCH3 is 2. The monoisotopic (exact) mass is 934 g/mol. The summed E-state index contributed by atoms with van der Waals surface area (Å²) in [6, 6.07) is 6.86. The summed E-state index contributed by atoms with van der Waals surface area (Å²) in [6.45, 7) is 17.9. The minimum Gasteiger partial charge on any atom is -0.460 e. The first-order valence-electron chi connectivity index (χ1n) is 23.3. The number of carbonyl (C=O) groups excluding carboxylic acids is 5. The largest absolute Gasteiger partial charge is 0.460 e. The fourth-order valence-corrected chi connectivity index (χ4v) is 9.86. The van der Waals surface area contributed by atoms with Gasteiger partial charge >= 0.3 is 18.0 Å². The molecule has 1 aliphatic carbocycles. The molecule has 3 aliphatic rings. The van der Waals surface area contributed by atoms with Crippen molar-refractivity contribution in [1.82, 2.24) is 20.1 Å². The van der Waals surface area contributed by atoms with Crippen LogP contribution in [0.15, 0.2) is 36.4 Å². The van der Waals surface area contributed by atoms with Crippen molar-refractivity contribution in [2.45, 2.75) is 155 Å². The van der Waals surface area contributed by atoms with Crippen LogP contribution < -0.4 is 5.32 Å². The number of benzene rings is 2. The van der Waals surface area contributed by atoms with Crippen LogP contribution in [0.1, 0.15) is 117 Å². The maximum atomic E-state index is 15.1. The molecule has 3 aromatic rings. The van der Waals surface area contributed by atoms with E-state index in [1.54, 1.807) is 72.4 Å². The van der Waals surface area contributed by atoms with E-state index < -0.39 is 83.1 Å². The molecular formula is C51H68F2N4O10. The van der Waals surface area contributed by atoms with Gasteiger partial charge in [0.25, 0.3) is 0 Å². The second-order valence-corrected chi connectivity index (χ2v) is 20.3. The molecule has 6 rings (SSSR count). The number of likely N-dealkylation sites (tertiary alicyclic amines) is 2. The lowest BCUT2D eigenvalue weighted by Gasteiger charge is -2.34. The van der Waals surface area contributed by atoms with Gasteiger partial charge < -0.3 is 43.8 Å². The zero-order valence-electron chi connectivity index (χ0n) is 41.0. The summed E-state index contributed by atoms with van der Waals surface area (Å²) in [4.78, 5) is 75.2. The first-order valence-corrected chi connectivity index (χ1v) is 23.3. The Labute approximate surface area is 392 Å². The number of H-pyrrole nitrogens is 1. The van der Waals surface area contributed by atoms with Crippen molar-refractivity contribution in [3.05, 3.63) is 70.4 Å². The third-order valence-electron chi connectivity index (χ3n) is 13.2. The lowest BCUT2D eigenvalue weighted by molar-refractivity contribution is -0.161. The molecule has 67 heavy (non-hydrogen) atoms. The summed E-state index contributed by atoms with van der Waals surface area (Å²) in [6.07, 6.45) is -1.26. The molecule has 0 unspecified atom stereocenters. The first kappa shape index (κ1) is 51.0. The Morgan fingerprint density at radius 2 is 1.45 bits per heavy atom. The average molecular weight is 935 g/mol. The van der Waals surface area contributed by atoms with Crippen molar-refractivity contribution >= 4 is 51.9 Å². The Balaban J connectivity index is 1.44. The lowest BCUT2D eigenvalue weighted by atomic mass is 9.89. The number of halogens is 2. The van der Waals surface area contributed by atoms with Crippen LogP contribution in [-0.4, -0.2) is 120 Å². The van der Waals surface area contributed by atoms with E-state index in [2.05, 4.69) is 17.2 Å². The van der Waals surface area contributed by atoms with Crippen LogP contribution >= 0.6 is 0 Å². The molecule has 0 spiro atoms. The molecule has 0 radical (unpaired) electrons. The maximum Gasteiger partial charge on any atom is 0.408 e. The Hall–Kier alpha value is -5.35. The van der Waals surface area contributed by atoms with Crippen LogP contribution in [0, 0.1) is 23.5 Å². The van der Waals surface area contributed by atoms with E-state index in [0.29, 0.717) is 42.6 Å². The number of nitrogens with one attached hydrogen (secondary N) is 2. The Kier molecular flexibility index (Phi) is 15.6. The highest BCUT2D eigenvalue weighted by Gasteiger charge is 2.46. The van der Waals surface area contributed by atoms with E-state index in [0.717, 1.165) is 27.7 Å². The molecule has 3 heterocycles. The summed E-state index contributed by atoms with van der Waals surface area (Å²) in [5.74, 6) is -3.39. The zero-order valence-corrected chi connectivity index (χ0v) is 41.0. The van der Waals surface area contributed by atoms with Crippen LogP contribution in [0.4, 0.5) is 13.6 Å². The minimum absolute atomic E-state index is 0.0322. The first-order chi connectivity index (χ1) is 31.4. The van der Waals surface area contributed by atoms with E-state index in [9.17, 15) is 24.0 Å². The molecule has 1 aromatic heterocycles. The van der Waals surface area contributed by atoms with E-state index in [4.69, 9.17) is 23.7 Å². The molecule has 0 saturated carbocycles. The van der Waals surface area contributed by atoms with Gasteiger partial charge in [-0.25, -0.2) is 13.6 Å². The van der Waals surface area contributed by atoms with Crippen LogP contribution in [0.3, 0.4) is 0 Å². The molecule has 2 N–H and O–H groups in total. The highest BCUT2D eigenvalue weighted by Crippen LogP contribution is 2.46. The second-order valence-electron chi connectivity index (χ2n) is 20.3. The normalized spacial score (nSPS) is 21.5. The average Bonchev–Trinajstić information content (AvgIpc) is 3.99. The Bertz CT molecular complexity index is 2380. The summed E-state index contributed by atoms with van der Waals surface area (Å²) >= 11 is 0. The highest BCUT2D eigenvalue weighted by atomic mass is 19.1. The van der Waals surface area contributed by atoms with Crippen LogP contribution in [-0.2, 0) is 55.7 Å². The number of aromatic amines is 1. The number of hydrogen-bond donors (Lipinski definition) is 2. The van der Waals surface area contributed by atoms with Gasteiger partial charge in [-0.15, -0.1) is 0 Å². The third-order valence-corrected chi connectivity index (χ3v) is 13.2. The van der Waals surface area contributed by atoms with E-state index >= 15 is 8.78 Å². The van der Waals surface area contributed by atoms with Crippen molar-refractivity contribution in [3.63, 3.8) is 0 Å². The molecule has 3 amide bonds. The molecule has 16 heteroatoms. The molecule has 366 valence electrons. The fraction of sp³-hybridized carbons (Fsp3) is 0.588. The smallest absolute Gasteiger partial charge is 0.408 e. The van der Waals surface area contributed by atoms with Crippen molar-refractivity contribution in [2.24, 2.45) is 11.8 Å². The number of carbonyl (C=O) groups is 5. The topological polar surface area (TPSA) is 166 Å². The summed E-state index contributed by atoms with van der Waals surface area (Å²) in [7, 11) is 2.94. The Morgan fingerprint density at radius 1 is 0.821 bits per heavy atom. The number of allylic oxidation sites excluding steroid dienone is 1. The lowest BCUT2D eigenvalue weighted by Crippen LogP contribution is -2.56. The van der Waals surface area contributed by atoms with Gasteiger partial charge in [0.1, 0.15) is 35.0 Å². The van der Waals surface area contributed by atoms with Gasteiger partial charge in [0.2, 0.25) is 11.8 Å². The number of nitrogens with zero attached hydrogens (tertiary/aromatic N) is 2. The van der Waals surface area contributed by atoms with Gasteiger partial charge in [-0.3, -0.25) is 19.2 Å². The molecule has 2 fully saturated rings. The van der Waals surface area contributed by atoms with Gasteiger partial charge in [0.15, 0.2) is 0 Å². The molecular weight excluding hydrogens is 867 g/mol. The SMILES string of the molecule is CO[C@H](C)[C@H](CC(=O)OC(C)(C)C)C(=O)N1CC[C@H](C)[C@H]1Cc1c(C2=C(C[C@@H]3[C@@H](OC(C)=O)CCN3C(=O)[C@@H](NC(=O)OC(C)(C)C)[C@@H](C)OC)c3ccc(F)cc3C2)[nH]c2cc(F)ccc12. The summed E-state index contributed by atoms with van der Waals surface area (Å²) in [5.41, 5.74) is 3.42. The molecule has 2 saturated heterocycles. The van der Waals surface area contributed by atoms with Gasteiger partial charge in [0, 0.05) is 69.7 Å². The molecule has 2 aliphatic heterocycles. The summed E-state index contributed by atoms with van der Waals surface area (Å²) < 4.78 is 58.5. The maximum absolute atomic E-state index is 15.1. The van der Waals surface area contributed by atoms with Gasteiger partial charge in [-0.1, -0.05) is 13.0 Å². The highest BCUT2D eigenvalue weighted by molar-refractivity contribution is 6.01. The van der Waals surface area contributed by atoms with E-state index in [1.165, 1.54) is 45.4 Å². The second kappa shape index (κ2) is 20.5. The number of ether oxygens (including phenoxy) is 5. The molecule has 0 bridgehead atoms. The summed E-state index contributed by atoms with van der Waals surface area (Å²) in [5, 5.41) is 3.45. The molecule has 8 atom stereocenters. The number of rotatable bonds is 15. The van der Waals surface area contributed by atoms with Gasteiger partial charge in [-0.05, 0) is 139 Å². The van der Waals surface area contributed by atoms with Crippen LogP contribution in [0.25, 0.3) is 22.0 Å². The van der Waals surface area contributed by atoms with Crippen LogP contribution in [0.5, 0.6) is 0 Å². The van der Waals surface area contributed by atoms with Crippen molar-refractivity contribution in [3.8, 4) is 0 Å². The predicted molar refractivity (Wildman–Crippen MR) is 249 cm³/mol. The minimum atomic E-state index is -1.17. The molecule has 14 nitrogen and oxygen atoms in total. The third kappa shape index (κ3) is 11.9. The Morgan fingerprint density at radius 3 is 2.09 bits per heavy atom. The van der Waals surface area contributed by atoms with Crippen molar-refractivity contribution in [1.29, 1.82) is 0 Å². The number of fused-ring (bicyclic) bond motifs is 2. The number of aromatic nitrogens is 1. The quantitative estimate of drug-likeness (QED) is 0.113.